The second kappa shape index (κ2) is 6.87. The van der Waals surface area contributed by atoms with Crippen LogP contribution in [0.15, 0.2) is 22.0 Å². The van der Waals surface area contributed by atoms with E-state index in [0.717, 1.165) is 42.3 Å². The van der Waals surface area contributed by atoms with Crippen molar-refractivity contribution in [2.45, 2.75) is 31.9 Å². The maximum absolute atomic E-state index is 12.6. The van der Waals surface area contributed by atoms with Crippen molar-refractivity contribution in [3.05, 3.63) is 39.4 Å². The minimum absolute atomic E-state index is 0.182. The smallest absolute Gasteiger partial charge is 0.227 e. The molecule has 0 aromatic carbocycles. The fourth-order valence-corrected chi connectivity index (χ4v) is 4.98. The SMILES string of the molecule is Cc1noc(C)c1CC(=O)N1CCS[C@@H](c2cccs2)CC1. The molecule has 22 heavy (non-hydrogen) atoms. The van der Waals surface area contributed by atoms with Gasteiger partial charge in [0.1, 0.15) is 5.76 Å². The van der Waals surface area contributed by atoms with Gasteiger partial charge >= 0.3 is 0 Å². The van der Waals surface area contributed by atoms with Crippen molar-refractivity contribution >= 4 is 29.0 Å². The number of hydrogen-bond acceptors (Lipinski definition) is 5. The van der Waals surface area contributed by atoms with E-state index in [9.17, 15) is 4.79 Å². The number of thiophene rings is 1. The number of nitrogens with zero attached hydrogens (tertiary/aromatic N) is 2. The molecule has 4 nitrogen and oxygen atoms in total. The number of aromatic nitrogens is 1. The van der Waals surface area contributed by atoms with E-state index in [4.69, 9.17) is 4.52 Å². The van der Waals surface area contributed by atoms with E-state index in [1.54, 1.807) is 0 Å². The lowest BCUT2D eigenvalue weighted by atomic mass is 10.1. The molecule has 3 heterocycles. The largest absolute Gasteiger partial charge is 0.361 e. The summed E-state index contributed by atoms with van der Waals surface area (Å²) < 4.78 is 5.15. The monoisotopic (exact) mass is 336 g/mol. The summed E-state index contributed by atoms with van der Waals surface area (Å²) in [5, 5.41) is 6.58. The Balaban J connectivity index is 1.62. The molecule has 1 aliphatic heterocycles. The number of thioether (sulfide) groups is 1. The van der Waals surface area contributed by atoms with Crippen molar-refractivity contribution in [3.8, 4) is 0 Å². The van der Waals surface area contributed by atoms with E-state index >= 15 is 0 Å². The first-order valence-electron chi connectivity index (χ1n) is 7.49. The van der Waals surface area contributed by atoms with Crippen LogP contribution in [0.25, 0.3) is 0 Å². The Morgan fingerprint density at radius 1 is 1.45 bits per heavy atom. The van der Waals surface area contributed by atoms with Gasteiger partial charge in [0.2, 0.25) is 5.91 Å². The van der Waals surface area contributed by atoms with Crippen LogP contribution < -0.4 is 0 Å². The average Bonchev–Trinajstić information content (AvgIpc) is 3.06. The van der Waals surface area contributed by atoms with Gasteiger partial charge in [-0.15, -0.1) is 11.3 Å². The molecule has 0 unspecified atom stereocenters. The summed E-state index contributed by atoms with van der Waals surface area (Å²) in [5.41, 5.74) is 1.77. The third-order valence-corrected chi connectivity index (χ3v) is 6.51. The van der Waals surface area contributed by atoms with E-state index in [-0.39, 0.29) is 5.91 Å². The zero-order chi connectivity index (χ0) is 15.5. The molecule has 0 bridgehead atoms. The van der Waals surface area contributed by atoms with Crippen LogP contribution in [-0.4, -0.2) is 34.8 Å². The Kier molecular flexibility index (Phi) is 4.88. The molecule has 0 aliphatic carbocycles. The standard InChI is InChI=1S/C16H20N2O2S2/c1-11-13(12(2)20-17-11)10-16(19)18-6-5-15(22-9-7-18)14-4-3-8-21-14/h3-4,8,15H,5-7,9-10H2,1-2H3/t15-/m1/s1. The second-order valence-corrected chi connectivity index (χ2v) is 7.81. The predicted molar refractivity (Wildman–Crippen MR) is 90.4 cm³/mol. The van der Waals surface area contributed by atoms with Gasteiger partial charge in [0.25, 0.3) is 0 Å². The van der Waals surface area contributed by atoms with Crippen molar-refractivity contribution in [1.29, 1.82) is 0 Å². The lowest BCUT2D eigenvalue weighted by molar-refractivity contribution is -0.130. The number of aryl methyl sites for hydroxylation is 2. The topological polar surface area (TPSA) is 46.3 Å². The highest BCUT2D eigenvalue weighted by Gasteiger charge is 2.24. The minimum atomic E-state index is 0.182. The highest BCUT2D eigenvalue weighted by molar-refractivity contribution is 7.99. The van der Waals surface area contributed by atoms with Gasteiger partial charge in [0, 0.05) is 34.5 Å². The molecule has 1 saturated heterocycles. The quantitative estimate of drug-likeness (QED) is 0.859. The van der Waals surface area contributed by atoms with Crippen molar-refractivity contribution < 1.29 is 9.32 Å². The molecule has 0 spiro atoms. The van der Waals surface area contributed by atoms with Gasteiger partial charge in [-0.05, 0) is 31.7 Å². The second-order valence-electron chi connectivity index (χ2n) is 5.52. The zero-order valence-electron chi connectivity index (χ0n) is 12.9. The first-order chi connectivity index (χ1) is 10.6. The van der Waals surface area contributed by atoms with Crippen LogP contribution in [-0.2, 0) is 11.2 Å². The number of amides is 1. The van der Waals surface area contributed by atoms with Gasteiger partial charge in [-0.1, -0.05) is 11.2 Å². The average molecular weight is 336 g/mol. The van der Waals surface area contributed by atoms with E-state index in [0.29, 0.717) is 11.7 Å². The van der Waals surface area contributed by atoms with Crippen LogP contribution in [0.2, 0.25) is 0 Å². The Morgan fingerprint density at radius 3 is 3.00 bits per heavy atom. The molecule has 1 fully saturated rings. The van der Waals surface area contributed by atoms with Crippen molar-refractivity contribution in [2.24, 2.45) is 0 Å². The van der Waals surface area contributed by atoms with Crippen molar-refractivity contribution in [3.63, 3.8) is 0 Å². The fraction of sp³-hybridized carbons (Fsp3) is 0.500. The molecular formula is C16H20N2O2S2. The van der Waals surface area contributed by atoms with Crippen LogP contribution in [0.5, 0.6) is 0 Å². The van der Waals surface area contributed by atoms with E-state index in [1.165, 1.54) is 4.88 Å². The zero-order valence-corrected chi connectivity index (χ0v) is 14.5. The molecule has 0 radical (unpaired) electrons. The highest BCUT2D eigenvalue weighted by Crippen LogP contribution is 2.36. The maximum atomic E-state index is 12.6. The number of carbonyl (C=O) groups excluding carboxylic acids is 1. The molecular weight excluding hydrogens is 316 g/mol. The Morgan fingerprint density at radius 2 is 2.32 bits per heavy atom. The van der Waals surface area contributed by atoms with E-state index in [1.807, 2.05) is 41.8 Å². The third kappa shape index (κ3) is 3.38. The van der Waals surface area contributed by atoms with Gasteiger partial charge in [0.05, 0.1) is 12.1 Å². The molecule has 2 aromatic rings. The lowest BCUT2D eigenvalue weighted by Gasteiger charge is -2.20. The van der Waals surface area contributed by atoms with Crippen LogP contribution in [0.1, 0.15) is 33.6 Å². The van der Waals surface area contributed by atoms with Crippen LogP contribution in [0.3, 0.4) is 0 Å². The summed E-state index contributed by atoms with van der Waals surface area (Å²) in [4.78, 5) is 16.0. The summed E-state index contributed by atoms with van der Waals surface area (Å²) in [6.45, 7) is 5.42. The minimum Gasteiger partial charge on any atom is -0.361 e. The third-order valence-electron chi connectivity index (χ3n) is 4.06. The highest BCUT2D eigenvalue weighted by atomic mass is 32.2. The number of rotatable bonds is 3. The Bertz CT molecular complexity index is 617. The first kappa shape index (κ1) is 15.6. The summed E-state index contributed by atoms with van der Waals surface area (Å²) in [5.74, 6) is 1.93. The lowest BCUT2D eigenvalue weighted by Crippen LogP contribution is -2.34. The Labute approximate surface area is 138 Å². The molecule has 2 aromatic heterocycles. The normalized spacial score (nSPS) is 19.2. The Hall–Kier alpha value is -1.27. The fourth-order valence-electron chi connectivity index (χ4n) is 2.74. The van der Waals surface area contributed by atoms with Gasteiger partial charge in [0.15, 0.2) is 0 Å². The van der Waals surface area contributed by atoms with Gasteiger partial charge < -0.3 is 9.42 Å². The number of carbonyl (C=O) groups is 1. The van der Waals surface area contributed by atoms with Crippen molar-refractivity contribution in [2.75, 3.05) is 18.8 Å². The van der Waals surface area contributed by atoms with Crippen LogP contribution in [0, 0.1) is 13.8 Å². The molecule has 1 amide bonds. The van der Waals surface area contributed by atoms with Gasteiger partial charge in [-0.2, -0.15) is 11.8 Å². The van der Waals surface area contributed by atoms with Crippen LogP contribution in [0.4, 0.5) is 0 Å². The number of hydrogen-bond donors (Lipinski definition) is 0. The maximum Gasteiger partial charge on any atom is 0.227 e. The van der Waals surface area contributed by atoms with Crippen LogP contribution >= 0.6 is 23.1 Å². The molecule has 118 valence electrons. The summed E-state index contributed by atoms with van der Waals surface area (Å²) in [6.07, 6.45) is 1.42. The summed E-state index contributed by atoms with van der Waals surface area (Å²) in [7, 11) is 0. The molecule has 0 N–H and O–H groups in total. The van der Waals surface area contributed by atoms with Gasteiger partial charge in [-0.3, -0.25) is 4.79 Å². The van der Waals surface area contributed by atoms with E-state index in [2.05, 4.69) is 22.7 Å². The molecule has 3 rings (SSSR count). The summed E-state index contributed by atoms with van der Waals surface area (Å²) in [6, 6.07) is 4.30. The molecule has 0 saturated carbocycles. The molecule has 6 heteroatoms. The first-order valence-corrected chi connectivity index (χ1v) is 9.42. The summed E-state index contributed by atoms with van der Waals surface area (Å²) >= 11 is 3.77. The molecule has 1 atom stereocenters. The van der Waals surface area contributed by atoms with Gasteiger partial charge in [-0.25, -0.2) is 0 Å². The predicted octanol–water partition coefficient (Wildman–Crippen LogP) is 3.60. The van der Waals surface area contributed by atoms with Crippen molar-refractivity contribution in [1.82, 2.24) is 10.1 Å². The van der Waals surface area contributed by atoms with E-state index < -0.39 is 0 Å². The molecule has 1 aliphatic rings.